The van der Waals surface area contributed by atoms with Crippen molar-refractivity contribution in [1.82, 2.24) is 5.32 Å². The molecule has 114 valence electrons. The fraction of sp³-hybridized carbons (Fsp3) is 0.533. The third-order valence-corrected chi connectivity index (χ3v) is 4.46. The van der Waals surface area contributed by atoms with E-state index < -0.39 is 4.92 Å². The first-order valence-electron chi connectivity index (χ1n) is 7.24. The van der Waals surface area contributed by atoms with Crippen LogP contribution < -0.4 is 11.1 Å². The molecule has 3 N–H and O–H groups in total. The van der Waals surface area contributed by atoms with Crippen LogP contribution in [-0.2, 0) is 0 Å². The van der Waals surface area contributed by atoms with Gasteiger partial charge in [0.05, 0.1) is 10.5 Å². The Hall–Kier alpha value is -2.11. The minimum Gasteiger partial charge on any atom is -0.393 e. The SMILES string of the molecule is CC1CCC(NC(=O)c2cccc([N+](=O)[O-])c2N)CC1C. The van der Waals surface area contributed by atoms with E-state index in [1.54, 1.807) is 0 Å². The lowest BCUT2D eigenvalue weighted by Gasteiger charge is -2.32. The van der Waals surface area contributed by atoms with Crippen LogP contribution in [0, 0.1) is 22.0 Å². The van der Waals surface area contributed by atoms with Crippen LogP contribution in [0.3, 0.4) is 0 Å². The molecule has 1 saturated carbocycles. The lowest BCUT2D eigenvalue weighted by molar-refractivity contribution is -0.383. The number of benzene rings is 1. The molecule has 2 rings (SSSR count). The second-order valence-corrected chi connectivity index (χ2v) is 5.93. The fourth-order valence-electron chi connectivity index (χ4n) is 2.85. The zero-order valence-electron chi connectivity index (χ0n) is 12.3. The van der Waals surface area contributed by atoms with Crippen molar-refractivity contribution in [3.05, 3.63) is 33.9 Å². The minimum atomic E-state index is -0.573. The van der Waals surface area contributed by atoms with Crippen LogP contribution in [0.5, 0.6) is 0 Å². The van der Waals surface area contributed by atoms with E-state index >= 15 is 0 Å². The van der Waals surface area contributed by atoms with Gasteiger partial charge in [-0.15, -0.1) is 0 Å². The highest BCUT2D eigenvalue weighted by Gasteiger charge is 2.27. The summed E-state index contributed by atoms with van der Waals surface area (Å²) >= 11 is 0. The van der Waals surface area contributed by atoms with Gasteiger partial charge in [0.2, 0.25) is 0 Å². The van der Waals surface area contributed by atoms with Crippen LogP contribution in [0.2, 0.25) is 0 Å². The molecule has 0 aromatic heterocycles. The number of anilines is 1. The number of nitrogens with one attached hydrogen (secondary N) is 1. The molecular formula is C15H21N3O3. The van der Waals surface area contributed by atoms with Crippen LogP contribution in [-0.4, -0.2) is 16.9 Å². The lowest BCUT2D eigenvalue weighted by Crippen LogP contribution is -2.40. The first-order valence-corrected chi connectivity index (χ1v) is 7.24. The number of nitro benzene ring substituents is 1. The maximum absolute atomic E-state index is 12.3. The molecule has 1 aliphatic rings. The number of hydrogen-bond acceptors (Lipinski definition) is 4. The average molecular weight is 291 g/mol. The molecule has 6 nitrogen and oxygen atoms in total. The second kappa shape index (κ2) is 6.11. The molecule has 1 aromatic rings. The molecule has 0 bridgehead atoms. The maximum atomic E-state index is 12.3. The normalized spacial score (nSPS) is 25.3. The Morgan fingerprint density at radius 3 is 2.67 bits per heavy atom. The van der Waals surface area contributed by atoms with Gasteiger partial charge in [-0.25, -0.2) is 0 Å². The summed E-state index contributed by atoms with van der Waals surface area (Å²) in [6.45, 7) is 4.41. The van der Waals surface area contributed by atoms with Gasteiger partial charge in [-0.3, -0.25) is 14.9 Å². The highest BCUT2D eigenvalue weighted by Crippen LogP contribution is 2.30. The van der Waals surface area contributed by atoms with Crippen molar-refractivity contribution in [2.24, 2.45) is 11.8 Å². The molecule has 3 atom stereocenters. The van der Waals surface area contributed by atoms with Crippen molar-refractivity contribution < 1.29 is 9.72 Å². The molecule has 0 saturated heterocycles. The molecule has 3 unspecified atom stereocenters. The van der Waals surface area contributed by atoms with Crippen LogP contribution in [0.1, 0.15) is 43.5 Å². The number of hydrogen-bond donors (Lipinski definition) is 2. The number of carbonyl (C=O) groups is 1. The Bertz CT molecular complexity index is 559. The fourth-order valence-corrected chi connectivity index (χ4v) is 2.85. The van der Waals surface area contributed by atoms with Crippen molar-refractivity contribution in [2.75, 3.05) is 5.73 Å². The molecule has 1 aliphatic carbocycles. The van der Waals surface area contributed by atoms with Crippen molar-refractivity contribution in [1.29, 1.82) is 0 Å². The van der Waals surface area contributed by atoms with E-state index in [0.29, 0.717) is 11.8 Å². The summed E-state index contributed by atoms with van der Waals surface area (Å²) in [6.07, 6.45) is 2.95. The van der Waals surface area contributed by atoms with Gasteiger partial charge in [0.25, 0.3) is 11.6 Å². The van der Waals surface area contributed by atoms with Crippen molar-refractivity contribution >= 4 is 17.3 Å². The van der Waals surface area contributed by atoms with E-state index in [1.165, 1.54) is 18.2 Å². The zero-order chi connectivity index (χ0) is 15.6. The second-order valence-electron chi connectivity index (χ2n) is 5.93. The summed E-state index contributed by atoms with van der Waals surface area (Å²) in [5, 5.41) is 13.8. The van der Waals surface area contributed by atoms with Gasteiger partial charge in [-0.2, -0.15) is 0 Å². The first-order chi connectivity index (χ1) is 9.90. The lowest BCUT2D eigenvalue weighted by atomic mass is 9.79. The highest BCUT2D eigenvalue weighted by atomic mass is 16.6. The number of nitrogens with two attached hydrogens (primary N) is 1. The molecule has 0 heterocycles. The Kier molecular flexibility index (Phi) is 4.45. The van der Waals surface area contributed by atoms with E-state index in [9.17, 15) is 14.9 Å². The monoisotopic (exact) mass is 291 g/mol. The summed E-state index contributed by atoms with van der Waals surface area (Å²) < 4.78 is 0. The molecule has 6 heteroatoms. The van der Waals surface area contributed by atoms with E-state index in [1.807, 2.05) is 0 Å². The summed E-state index contributed by atoms with van der Waals surface area (Å²) in [6, 6.07) is 4.42. The Morgan fingerprint density at radius 1 is 1.33 bits per heavy atom. The Labute approximate surface area is 123 Å². The maximum Gasteiger partial charge on any atom is 0.292 e. The molecule has 21 heavy (non-hydrogen) atoms. The number of para-hydroxylation sites is 1. The molecule has 0 aliphatic heterocycles. The largest absolute Gasteiger partial charge is 0.393 e. The van der Waals surface area contributed by atoms with Gasteiger partial charge in [-0.1, -0.05) is 19.9 Å². The molecule has 0 radical (unpaired) electrons. The van der Waals surface area contributed by atoms with Gasteiger partial charge in [0.1, 0.15) is 5.69 Å². The number of amides is 1. The summed E-state index contributed by atoms with van der Waals surface area (Å²) in [4.78, 5) is 22.6. The highest BCUT2D eigenvalue weighted by molar-refractivity contribution is 6.01. The number of nitro groups is 1. The molecule has 1 aromatic carbocycles. The van der Waals surface area contributed by atoms with E-state index in [-0.39, 0.29) is 28.9 Å². The number of nitrogens with zero attached hydrogens (tertiary/aromatic N) is 1. The minimum absolute atomic E-state index is 0.0720. The zero-order valence-corrected chi connectivity index (χ0v) is 12.3. The topological polar surface area (TPSA) is 98.3 Å². The van der Waals surface area contributed by atoms with Gasteiger partial charge >= 0.3 is 0 Å². The average Bonchev–Trinajstić information content (AvgIpc) is 2.42. The summed E-state index contributed by atoms with van der Waals surface area (Å²) in [5.41, 5.74) is 5.61. The standard InChI is InChI=1S/C15H21N3O3/c1-9-6-7-11(8-10(9)2)17-15(19)12-4-3-5-13(14(12)16)18(20)21/h3-5,9-11H,6-8,16H2,1-2H3,(H,17,19). The van der Waals surface area contributed by atoms with Gasteiger partial charge in [0.15, 0.2) is 0 Å². The van der Waals surface area contributed by atoms with Crippen LogP contribution >= 0.6 is 0 Å². The Morgan fingerprint density at radius 2 is 2.05 bits per heavy atom. The number of carbonyl (C=O) groups excluding carboxylic acids is 1. The first kappa shape index (κ1) is 15.3. The predicted molar refractivity (Wildman–Crippen MR) is 80.9 cm³/mol. The molecular weight excluding hydrogens is 270 g/mol. The number of rotatable bonds is 3. The van der Waals surface area contributed by atoms with Gasteiger partial charge in [-0.05, 0) is 37.2 Å². The van der Waals surface area contributed by atoms with Gasteiger partial charge in [0, 0.05) is 12.1 Å². The van der Waals surface area contributed by atoms with Crippen LogP contribution in [0.25, 0.3) is 0 Å². The van der Waals surface area contributed by atoms with Crippen LogP contribution in [0.4, 0.5) is 11.4 Å². The smallest absolute Gasteiger partial charge is 0.292 e. The van der Waals surface area contributed by atoms with Crippen molar-refractivity contribution in [3.8, 4) is 0 Å². The van der Waals surface area contributed by atoms with E-state index in [0.717, 1.165) is 19.3 Å². The van der Waals surface area contributed by atoms with Crippen molar-refractivity contribution in [2.45, 2.75) is 39.2 Å². The third-order valence-electron chi connectivity index (χ3n) is 4.46. The van der Waals surface area contributed by atoms with Gasteiger partial charge < -0.3 is 11.1 Å². The Balaban J connectivity index is 2.11. The van der Waals surface area contributed by atoms with E-state index in [4.69, 9.17) is 5.73 Å². The van der Waals surface area contributed by atoms with E-state index in [2.05, 4.69) is 19.2 Å². The predicted octanol–water partition coefficient (Wildman–Crippen LogP) is 2.73. The summed E-state index contributed by atoms with van der Waals surface area (Å²) in [7, 11) is 0. The third kappa shape index (κ3) is 3.32. The summed E-state index contributed by atoms with van der Waals surface area (Å²) in [5.74, 6) is 0.899. The number of nitrogen functional groups attached to an aromatic ring is 1. The van der Waals surface area contributed by atoms with Crippen molar-refractivity contribution in [3.63, 3.8) is 0 Å². The molecule has 1 amide bonds. The quantitative estimate of drug-likeness (QED) is 0.508. The molecule has 1 fully saturated rings. The molecule has 0 spiro atoms. The van der Waals surface area contributed by atoms with Crippen LogP contribution in [0.15, 0.2) is 18.2 Å².